The molecule has 1 fully saturated rings. The van der Waals surface area contributed by atoms with E-state index < -0.39 is 0 Å². The highest BCUT2D eigenvalue weighted by Crippen LogP contribution is 2.40. The van der Waals surface area contributed by atoms with Crippen molar-refractivity contribution in [2.45, 2.75) is 39.5 Å². The average molecular weight is 369 g/mol. The van der Waals surface area contributed by atoms with Gasteiger partial charge in [-0.2, -0.15) is 0 Å². The van der Waals surface area contributed by atoms with Gasteiger partial charge in [-0.15, -0.1) is 11.3 Å². The van der Waals surface area contributed by atoms with Crippen molar-refractivity contribution in [2.75, 3.05) is 11.4 Å². The van der Waals surface area contributed by atoms with E-state index >= 15 is 0 Å². The highest BCUT2D eigenvalue weighted by atomic mass is 32.1. The fourth-order valence-electron chi connectivity index (χ4n) is 3.27. The standard InChI is InChI=1S/C20H20FN3OS/c1-4-24(15-9-7-14(21)8-10-15)20(25)17-11(2)16-12(3)22-18(13-5-6-13)23-19(16)26-17/h7-10,13H,4-6H2,1-3H3. The van der Waals surface area contributed by atoms with E-state index in [1.165, 1.54) is 23.5 Å². The number of halogens is 1. The molecule has 3 aromatic rings. The van der Waals surface area contributed by atoms with Gasteiger partial charge in [0.05, 0.1) is 10.6 Å². The van der Waals surface area contributed by atoms with Gasteiger partial charge in [-0.1, -0.05) is 0 Å². The summed E-state index contributed by atoms with van der Waals surface area (Å²) in [4.78, 5) is 25.8. The van der Waals surface area contributed by atoms with Crippen molar-refractivity contribution in [2.24, 2.45) is 0 Å². The summed E-state index contributed by atoms with van der Waals surface area (Å²) in [6, 6.07) is 6.02. The van der Waals surface area contributed by atoms with E-state index in [9.17, 15) is 9.18 Å². The van der Waals surface area contributed by atoms with E-state index in [1.807, 2.05) is 20.8 Å². The fourth-order valence-corrected chi connectivity index (χ4v) is 4.46. The molecule has 0 radical (unpaired) electrons. The zero-order valence-electron chi connectivity index (χ0n) is 15.0. The monoisotopic (exact) mass is 369 g/mol. The van der Waals surface area contributed by atoms with Crippen LogP contribution in [0, 0.1) is 19.7 Å². The van der Waals surface area contributed by atoms with Gasteiger partial charge in [-0.05, 0) is 63.4 Å². The van der Waals surface area contributed by atoms with Gasteiger partial charge in [0.25, 0.3) is 5.91 Å². The Morgan fingerprint density at radius 2 is 1.92 bits per heavy atom. The summed E-state index contributed by atoms with van der Waals surface area (Å²) in [5, 5.41) is 0.984. The Balaban J connectivity index is 1.77. The average Bonchev–Trinajstić information content (AvgIpc) is 3.41. The summed E-state index contributed by atoms with van der Waals surface area (Å²) in [6.45, 7) is 6.37. The molecule has 2 heterocycles. The normalized spacial score (nSPS) is 14.0. The molecule has 4 rings (SSSR count). The molecule has 0 atom stereocenters. The lowest BCUT2D eigenvalue weighted by Gasteiger charge is -2.20. The number of carbonyl (C=O) groups excluding carboxylic acids is 1. The number of fused-ring (bicyclic) bond motifs is 1. The number of benzene rings is 1. The topological polar surface area (TPSA) is 46.1 Å². The second-order valence-electron chi connectivity index (χ2n) is 6.70. The van der Waals surface area contributed by atoms with Crippen LogP contribution in [0.15, 0.2) is 24.3 Å². The highest BCUT2D eigenvalue weighted by molar-refractivity contribution is 7.20. The first-order valence-corrected chi connectivity index (χ1v) is 9.66. The second kappa shape index (κ2) is 6.43. The van der Waals surface area contributed by atoms with Crippen LogP contribution in [0.25, 0.3) is 10.2 Å². The van der Waals surface area contributed by atoms with E-state index in [-0.39, 0.29) is 11.7 Å². The van der Waals surface area contributed by atoms with Crippen LogP contribution in [0.1, 0.15) is 52.4 Å². The molecule has 1 aliphatic rings. The molecule has 2 aromatic heterocycles. The number of hydrogen-bond donors (Lipinski definition) is 0. The van der Waals surface area contributed by atoms with Gasteiger partial charge in [0.1, 0.15) is 16.5 Å². The van der Waals surface area contributed by atoms with Gasteiger partial charge < -0.3 is 4.90 Å². The van der Waals surface area contributed by atoms with Crippen LogP contribution in [-0.2, 0) is 0 Å². The van der Waals surface area contributed by atoms with E-state index in [0.717, 1.165) is 40.1 Å². The maximum atomic E-state index is 13.2. The summed E-state index contributed by atoms with van der Waals surface area (Å²) < 4.78 is 13.2. The van der Waals surface area contributed by atoms with Gasteiger partial charge in [-0.25, -0.2) is 14.4 Å². The van der Waals surface area contributed by atoms with Crippen molar-refractivity contribution in [3.8, 4) is 0 Å². The Hall–Kier alpha value is -2.34. The van der Waals surface area contributed by atoms with E-state index in [1.54, 1.807) is 17.0 Å². The summed E-state index contributed by atoms with van der Waals surface area (Å²) in [6.07, 6.45) is 2.30. The Morgan fingerprint density at radius 3 is 2.54 bits per heavy atom. The molecule has 0 saturated heterocycles. The summed E-state index contributed by atoms with van der Waals surface area (Å²) in [7, 11) is 0. The zero-order chi connectivity index (χ0) is 18.4. The Kier molecular flexibility index (Phi) is 4.23. The molecule has 0 aliphatic heterocycles. The molecule has 1 amide bonds. The van der Waals surface area contributed by atoms with Crippen molar-refractivity contribution in [3.05, 3.63) is 52.0 Å². The van der Waals surface area contributed by atoms with E-state index in [4.69, 9.17) is 4.98 Å². The zero-order valence-corrected chi connectivity index (χ0v) is 15.9. The lowest BCUT2D eigenvalue weighted by atomic mass is 10.1. The van der Waals surface area contributed by atoms with Crippen LogP contribution >= 0.6 is 11.3 Å². The molecule has 1 saturated carbocycles. The van der Waals surface area contributed by atoms with Gasteiger partial charge in [-0.3, -0.25) is 4.79 Å². The molecule has 134 valence electrons. The first-order valence-electron chi connectivity index (χ1n) is 8.84. The maximum absolute atomic E-state index is 13.2. The first-order chi connectivity index (χ1) is 12.5. The smallest absolute Gasteiger partial charge is 0.268 e. The molecule has 0 spiro atoms. The van der Waals surface area contributed by atoms with Gasteiger partial charge in [0, 0.05) is 23.5 Å². The number of amides is 1. The molecule has 0 N–H and O–H groups in total. The minimum Gasteiger partial charge on any atom is -0.308 e. The molecule has 1 aromatic carbocycles. The summed E-state index contributed by atoms with van der Waals surface area (Å²) in [5.74, 6) is 0.993. The predicted octanol–water partition coefficient (Wildman–Crippen LogP) is 4.99. The molecule has 1 aliphatic carbocycles. The Morgan fingerprint density at radius 1 is 1.23 bits per heavy atom. The minimum absolute atomic E-state index is 0.0769. The first kappa shape index (κ1) is 17.1. The lowest BCUT2D eigenvalue weighted by molar-refractivity contribution is 0.0991. The Bertz CT molecular complexity index is 992. The quantitative estimate of drug-likeness (QED) is 0.651. The Labute approximate surface area is 155 Å². The minimum atomic E-state index is -0.311. The molecule has 6 heteroatoms. The number of anilines is 1. The van der Waals surface area contributed by atoms with Crippen LogP contribution < -0.4 is 4.90 Å². The number of nitrogens with zero attached hydrogens (tertiary/aromatic N) is 3. The van der Waals surface area contributed by atoms with Crippen molar-refractivity contribution in [3.63, 3.8) is 0 Å². The number of hydrogen-bond acceptors (Lipinski definition) is 4. The molecular weight excluding hydrogens is 349 g/mol. The molecule has 26 heavy (non-hydrogen) atoms. The molecule has 0 bridgehead atoms. The van der Waals surface area contributed by atoms with Crippen LogP contribution in [0.2, 0.25) is 0 Å². The summed E-state index contributed by atoms with van der Waals surface area (Å²) >= 11 is 1.43. The third-order valence-corrected chi connectivity index (χ3v) is 6.00. The van der Waals surface area contributed by atoms with E-state index in [2.05, 4.69) is 4.98 Å². The summed E-state index contributed by atoms with van der Waals surface area (Å²) in [5.41, 5.74) is 2.56. The SMILES string of the molecule is CCN(C(=O)c1sc2nc(C3CC3)nc(C)c2c1C)c1ccc(F)cc1. The third kappa shape index (κ3) is 2.88. The number of thiophene rings is 1. The largest absolute Gasteiger partial charge is 0.308 e. The van der Waals surface area contributed by atoms with Gasteiger partial charge in [0.2, 0.25) is 0 Å². The van der Waals surface area contributed by atoms with Crippen LogP contribution in [0.4, 0.5) is 10.1 Å². The van der Waals surface area contributed by atoms with Crippen molar-refractivity contribution in [1.29, 1.82) is 0 Å². The maximum Gasteiger partial charge on any atom is 0.268 e. The number of rotatable bonds is 4. The predicted molar refractivity (Wildman–Crippen MR) is 103 cm³/mol. The number of aromatic nitrogens is 2. The molecule has 0 unspecified atom stereocenters. The van der Waals surface area contributed by atoms with Crippen LogP contribution in [0.3, 0.4) is 0 Å². The molecule has 4 nitrogen and oxygen atoms in total. The van der Waals surface area contributed by atoms with Crippen LogP contribution in [0.5, 0.6) is 0 Å². The second-order valence-corrected chi connectivity index (χ2v) is 7.70. The lowest BCUT2D eigenvalue weighted by Crippen LogP contribution is -2.30. The number of aryl methyl sites for hydroxylation is 2. The van der Waals surface area contributed by atoms with Gasteiger partial charge >= 0.3 is 0 Å². The fraction of sp³-hybridized carbons (Fsp3) is 0.350. The third-order valence-electron chi connectivity index (χ3n) is 4.82. The van der Waals surface area contributed by atoms with Crippen molar-refractivity contribution in [1.82, 2.24) is 9.97 Å². The van der Waals surface area contributed by atoms with Gasteiger partial charge in [0.15, 0.2) is 0 Å². The van der Waals surface area contributed by atoms with Crippen molar-refractivity contribution >= 4 is 33.1 Å². The van der Waals surface area contributed by atoms with E-state index in [0.29, 0.717) is 23.0 Å². The van der Waals surface area contributed by atoms with Crippen molar-refractivity contribution < 1.29 is 9.18 Å². The van der Waals surface area contributed by atoms with Crippen LogP contribution in [-0.4, -0.2) is 22.4 Å². The number of carbonyl (C=O) groups is 1. The molecular formula is C20H20FN3OS. The highest BCUT2D eigenvalue weighted by Gasteiger charge is 2.29.